The van der Waals surface area contributed by atoms with E-state index in [1.165, 1.54) is 6.07 Å². The summed E-state index contributed by atoms with van der Waals surface area (Å²) in [6.45, 7) is 1.62. The lowest BCUT2D eigenvalue weighted by Gasteiger charge is -2.09. The molecule has 0 aliphatic heterocycles. The number of alkyl halides is 3. The second-order valence-electron chi connectivity index (χ2n) is 2.77. The zero-order valence-corrected chi connectivity index (χ0v) is 8.49. The molecule has 0 atom stereocenters. The van der Waals surface area contributed by atoms with Gasteiger partial charge in [-0.25, -0.2) is 0 Å². The van der Waals surface area contributed by atoms with Crippen molar-refractivity contribution in [3.63, 3.8) is 0 Å². The molecule has 15 heavy (non-hydrogen) atoms. The molecule has 1 amide bonds. The van der Waals surface area contributed by atoms with Gasteiger partial charge in [-0.1, -0.05) is 18.2 Å². The molecule has 1 rings (SSSR count). The Morgan fingerprint density at radius 1 is 1.27 bits per heavy atom. The first kappa shape index (κ1) is 13.8. The van der Waals surface area contributed by atoms with Crippen molar-refractivity contribution >= 4 is 11.6 Å². The largest absolute Gasteiger partial charge is 1.00 e. The third kappa shape index (κ3) is 3.79. The maximum Gasteiger partial charge on any atom is 0.471 e. The molecule has 0 aliphatic carbocycles. The van der Waals surface area contributed by atoms with E-state index in [0.29, 0.717) is 5.56 Å². The van der Waals surface area contributed by atoms with E-state index < -0.39 is 12.1 Å². The molecule has 1 N–H and O–H groups in total. The van der Waals surface area contributed by atoms with Gasteiger partial charge < -0.3 is 17.7 Å². The molecular weight excluding hydrogens is 231 g/mol. The molecule has 0 saturated carbocycles. The Kier molecular flexibility index (Phi) is 4.61. The first-order chi connectivity index (χ1) is 6.41. The highest BCUT2D eigenvalue weighted by atomic mass is 35.5. The van der Waals surface area contributed by atoms with Crippen molar-refractivity contribution in [3.05, 3.63) is 29.8 Å². The smallest absolute Gasteiger partial charge is 0.471 e. The van der Waals surface area contributed by atoms with Crippen molar-refractivity contribution in [1.29, 1.82) is 0 Å². The molecule has 0 unspecified atom stereocenters. The van der Waals surface area contributed by atoms with Crippen LogP contribution in [-0.2, 0) is 4.79 Å². The van der Waals surface area contributed by atoms with Crippen molar-refractivity contribution in [1.82, 2.24) is 0 Å². The molecule has 0 spiro atoms. The summed E-state index contributed by atoms with van der Waals surface area (Å²) < 4.78 is 35.6. The summed E-state index contributed by atoms with van der Waals surface area (Å²) >= 11 is 0. The van der Waals surface area contributed by atoms with Gasteiger partial charge in [0.05, 0.1) is 0 Å². The number of amides is 1. The van der Waals surface area contributed by atoms with E-state index in [1.807, 2.05) is 0 Å². The summed E-state index contributed by atoms with van der Waals surface area (Å²) in [6.07, 6.45) is -4.84. The molecule has 0 saturated heterocycles. The molecule has 0 heterocycles. The molecule has 84 valence electrons. The maximum atomic E-state index is 11.9. The highest BCUT2D eigenvalue weighted by molar-refractivity contribution is 5.95. The lowest BCUT2D eigenvalue weighted by Crippen LogP contribution is -3.00. The number of benzene rings is 1. The zero-order chi connectivity index (χ0) is 10.8. The van der Waals surface area contributed by atoms with Gasteiger partial charge in [-0.3, -0.25) is 4.79 Å². The van der Waals surface area contributed by atoms with Crippen LogP contribution in [0.25, 0.3) is 0 Å². The summed E-state index contributed by atoms with van der Waals surface area (Å²) in [6, 6.07) is 6.27. The van der Waals surface area contributed by atoms with Gasteiger partial charge in [0.15, 0.2) is 0 Å². The number of hydrogen-bond acceptors (Lipinski definition) is 1. The Morgan fingerprint density at radius 3 is 2.27 bits per heavy atom. The molecule has 0 fully saturated rings. The molecule has 0 aromatic heterocycles. The van der Waals surface area contributed by atoms with Crippen LogP contribution in [-0.4, -0.2) is 12.1 Å². The second-order valence-corrected chi connectivity index (χ2v) is 2.77. The molecule has 1 aromatic carbocycles. The average Bonchev–Trinajstić information content (AvgIpc) is 2.07. The van der Waals surface area contributed by atoms with Crippen LogP contribution in [0.1, 0.15) is 5.56 Å². The molecule has 0 radical (unpaired) electrons. The zero-order valence-electron chi connectivity index (χ0n) is 7.73. The van der Waals surface area contributed by atoms with Crippen LogP contribution in [0.4, 0.5) is 18.9 Å². The van der Waals surface area contributed by atoms with E-state index in [-0.39, 0.29) is 18.1 Å². The van der Waals surface area contributed by atoms with Gasteiger partial charge in [0.1, 0.15) is 0 Å². The highest BCUT2D eigenvalue weighted by Crippen LogP contribution is 2.19. The number of aryl methyl sites for hydroxylation is 1. The van der Waals surface area contributed by atoms with Crippen LogP contribution >= 0.6 is 0 Å². The SMILES string of the molecule is Cc1ccccc1NC(=O)C(F)(F)F.[Cl-]. The van der Waals surface area contributed by atoms with Crippen molar-refractivity contribution in [2.45, 2.75) is 13.1 Å². The monoisotopic (exact) mass is 238 g/mol. The number of rotatable bonds is 1. The van der Waals surface area contributed by atoms with E-state index in [1.54, 1.807) is 30.4 Å². The molecule has 1 aromatic rings. The minimum Gasteiger partial charge on any atom is -1.00 e. The first-order valence-corrected chi connectivity index (χ1v) is 3.85. The van der Waals surface area contributed by atoms with Crippen LogP contribution in [0.5, 0.6) is 0 Å². The summed E-state index contributed by atoms with van der Waals surface area (Å²) in [5.74, 6) is -1.95. The standard InChI is InChI=1S/C9H8F3NO.ClH/c1-6-4-2-3-5-7(6)13-8(14)9(10,11)12;/h2-5H,1H3,(H,13,14);1H/p-1. The van der Waals surface area contributed by atoms with Gasteiger partial charge in [-0.15, -0.1) is 0 Å². The van der Waals surface area contributed by atoms with Gasteiger partial charge in [-0.05, 0) is 18.6 Å². The number of carbonyl (C=O) groups is 1. The second kappa shape index (κ2) is 5.02. The topological polar surface area (TPSA) is 29.1 Å². The van der Waals surface area contributed by atoms with Gasteiger partial charge in [0.2, 0.25) is 0 Å². The Bertz CT molecular complexity index is 351. The molecule has 6 heteroatoms. The Morgan fingerprint density at radius 2 is 1.80 bits per heavy atom. The van der Waals surface area contributed by atoms with Gasteiger partial charge >= 0.3 is 12.1 Å². The fourth-order valence-electron chi connectivity index (χ4n) is 0.906. The minimum atomic E-state index is -4.84. The normalized spacial score (nSPS) is 10.4. The number of carbonyl (C=O) groups excluding carboxylic acids is 1. The van der Waals surface area contributed by atoms with E-state index >= 15 is 0 Å². The number of para-hydroxylation sites is 1. The summed E-state index contributed by atoms with van der Waals surface area (Å²) in [7, 11) is 0. The third-order valence-corrected chi connectivity index (χ3v) is 1.65. The summed E-state index contributed by atoms with van der Waals surface area (Å²) in [5.41, 5.74) is 0.764. The summed E-state index contributed by atoms with van der Waals surface area (Å²) in [5, 5.41) is 1.79. The van der Waals surface area contributed by atoms with Crippen molar-refractivity contribution in [3.8, 4) is 0 Å². The van der Waals surface area contributed by atoms with Crippen molar-refractivity contribution in [2.24, 2.45) is 0 Å². The van der Waals surface area contributed by atoms with E-state index in [2.05, 4.69) is 0 Å². The van der Waals surface area contributed by atoms with Crippen LogP contribution in [0.15, 0.2) is 24.3 Å². The average molecular weight is 239 g/mol. The lowest BCUT2D eigenvalue weighted by molar-refractivity contribution is -0.167. The van der Waals surface area contributed by atoms with E-state index in [4.69, 9.17) is 0 Å². The van der Waals surface area contributed by atoms with Gasteiger partial charge in [0, 0.05) is 5.69 Å². The van der Waals surface area contributed by atoms with Gasteiger partial charge in [-0.2, -0.15) is 13.2 Å². The van der Waals surface area contributed by atoms with Crippen molar-refractivity contribution < 1.29 is 30.4 Å². The quantitative estimate of drug-likeness (QED) is 0.702. The Hall–Kier alpha value is -1.23. The Balaban J connectivity index is 0.00000196. The first-order valence-electron chi connectivity index (χ1n) is 3.85. The predicted molar refractivity (Wildman–Crippen MR) is 45.9 cm³/mol. The number of anilines is 1. The number of halogens is 4. The van der Waals surface area contributed by atoms with Gasteiger partial charge in [0.25, 0.3) is 0 Å². The fourth-order valence-corrected chi connectivity index (χ4v) is 0.906. The van der Waals surface area contributed by atoms with E-state index in [0.717, 1.165) is 0 Å². The summed E-state index contributed by atoms with van der Waals surface area (Å²) in [4.78, 5) is 10.6. The molecule has 0 bridgehead atoms. The molecule has 2 nitrogen and oxygen atoms in total. The maximum absolute atomic E-state index is 11.9. The van der Waals surface area contributed by atoms with Crippen molar-refractivity contribution in [2.75, 3.05) is 5.32 Å². The number of hydrogen-bond donors (Lipinski definition) is 1. The lowest BCUT2D eigenvalue weighted by atomic mass is 10.2. The van der Waals surface area contributed by atoms with Crippen LogP contribution in [0, 0.1) is 6.92 Å². The molecular formula is C9H8ClF3NO-. The fraction of sp³-hybridized carbons (Fsp3) is 0.222. The highest BCUT2D eigenvalue weighted by Gasteiger charge is 2.38. The van der Waals surface area contributed by atoms with E-state index in [9.17, 15) is 18.0 Å². The minimum absolute atomic E-state index is 0. The molecule has 0 aliphatic rings. The Labute approximate surface area is 90.9 Å². The van der Waals surface area contributed by atoms with Crippen LogP contribution in [0.2, 0.25) is 0 Å². The van der Waals surface area contributed by atoms with Crippen LogP contribution in [0.3, 0.4) is 0 Å². The number of nitrogens with one attached hydrogen (secondary N) is 1. The van der Waals surface area contributed by atoms with Crippen LogP contribution < -0.4 is 17.7 Å². The predicted octanol–water partition coefficient (Wildman–Crippen LogP) is -0.500. The third-order valence-electron chi connectivity index (χ3n) is 1.65.